The van der Waals surface area contributed by atoms with E-state index >= 15 is 0 Å². The first-order chi connectivity index (χ1) is 11.6. The van der Waals surface area contributed by atoms with E-state index in [4.69, 9.17) is 5.10 Å². The Morgan fingerprint density at radius 1 is 1.33 bits per heavy atom. The van der Waals surface area contributed by atoms with Crippen LogP contribution in [0.2, 0.25) is 0 Å². The zero-order valence-corrected chi connectivity index (χ0v) is 14.7. The molecule has 1 aromatic heterocycles. The molecular weight excluding hydrogens is 300 g/mol. The molecule has 1 amide bonds. The SMILES string of the molecule is CNC(=O)c1ccc(CN[C@H]2CCCc3cn(C(C)C)nc32)cc1. The molecule has 0 bridgehead atoms. The number of hydrogen-bond donors (Lipinski definition) is 2. The van der Waals surface area contributed by atoms with Crippen molar-refractivity contribution in [2.75, 3.05) is 7.05 Å². The van der Waals surface area contributed by atoms with Gasteiger partial charge >= 0.3 is 0 Å². The van der Waals surface area contributed by atoms with Crippen LogP contribution in [0.1, 0.15) is 66.0 Å². The number of benzene rings is 1. The first kappa shape index (κ1) is 16.7. The molecule has 1 atom stereocenters. The number of rotatable bonds is 5. The van der Waals surface area contributed by atoms with E-state index in [2.05, 4.69) is 35.4 Å². The molecule has 1 aliphatic carbocycles. The fraction of sp³-hybridized carbons (Fsp3) is 0.474. The summed E-state index contributed by atoms with van der Waals surface area (Å²) in [6.07, 6.45) is 5.65. The third-order valence-electron chi connectivity index (χ3n) is 4.63. The second-order valence-electron chi connectivity index (χ2n) is 6.72. The van der Waals surface area contributed by atoms with E-state index < -0.39 is 0 Å². The summed E-state index contributed by atoms with van der Waals surface area (Å²) in [5, 5.41) is 11.1. The van der Waals surface area contributed by atoms with Crippen LogP contribution in [-0.2, 0) is 13.0 Å². The summed E-state index contributed by atoms with van der Waals surface area (Å²) in [4.78, 5) is 11.6. The number of aromatic nitrogens is 2. The monoisotopic (exact) mass is 326 g/mol. The molecule has 0 unspecified atom stereocenters. The molecule has 5 heteroatoms. The van der Waals surface area contributed by atoms with Crippen molar-refractivity contribution in [2.24, 2.45) is 0 Å². The summed E-state index contributed by atoms with van der Waals surface area (Å²) < 4.78 is 2.07. The molecule has 2 aromatic rings. The van der Waals surface area contributed by atoms with Crippen LogP contribution in [0, 0.1) is 0 Å². The Morgan fingerprint density at radius 3 is 2.75 bits per heavy atom. The number of nitrogens with one attached hydrogen (secondary N) is 2. The lowest BCUT2D eigenvalue weighted by Crippen LogP contribution is -2.25. The van der Waals surface area contributed by atoms with Crippen molar-refractivity contribution in [3.8, 4) is 0 Å². The normalized spacial score (nSPS) is 16.9. The fourth-order valence-corrected chi connectivity index (χ4v) is 3.19. The van der Waals surface area contributed by atoms with Crippen LogP contribution in [0.4, 0.5) is 0 Å². The van der Waals surface area contributed by atoms with Gasteiger partial charge in [-0.2, -0.15) is 5.10 Å². The topological polar surface area (TPSA) is 59.0 Å². The molecular formula is C19H26N4O. The van der Waals surface area contributed by atoms with E-state index in [0.717, 1.165) is 19.4 Å². The first-order valence-electron chi connectivity index (χ1n) is 8.71. The molecule has 1 aliphatic rings. The number of carbonyl (C=O) groups is 1. The average molecular weight is 326 g/mol. The van der Waals surface area contributed by atoms with E-state index in [1.165, 1.54) is 23.2 Å². The molecule has 1 heterocycles. The van der Waals surface area contributed by atoms with Gasteiger partial charge in [0.2, 0.25) is 0 Å². The average Bonchev–Trinajstić information content (AvgIpc) is 3.05. The molecule has 0 fully saturated rings. The van der Waals surface area contributed by atoms with Crippen LogP contribution in [0.15, 0.2) is 30.5 Å². The van der Waals surface area contributed by atoms with E-state index in [1.807, 2.05) is 24.3 Å². The number of nitrogens with zero attached hydrogens (tertiary/aromatic N) is 2. The van der Waals surface area contributed by atoms with Crippen molar-refractivity contribution in [1.29, 1.82) is 0 Å². The lowest BCUT2D eigenvalue weighted by molar-refractivity contribution is 0.0963. The number of fused-ring (bicyclic) bond motifs is 1. The van der Waals surface area contributed by atoms with Crippen molar-refractivity contribution in [3.05, 3.63) is 52.8 Å². The summed E-state index contributed by atoms with van der Waals surface area (Å²) in [5.74, 6) is -0.0503. The van der Waals surface area contributed by atoms with Gasteiger partial charge in [-0.15, -0.1) is 0 Å². The highest BCUT2D eigenvalue weighted by atomic mass is 16.1. The van der Waals surface area contributed by atoms with E-state index in [0.29, 0.717) is 17.6 Å². The van der Waals surface area contributed by atoms with Crippen LogP contribution in [-0.4, -0.2) is 22.7 Å². The van der Waals surface area contributed by atoms with Crippen LogP contribution in [0.3, 0.4) is 0 Å². The summed E-state index contributed by atoms with van der Waals surface area (Å²) in [6, 6.07) is 8.47. The van der Waals surface area contributed by atoms with Gasteiger partial charge in [-0.25, -0.2) is 0 Å². The minimum absolute atomic E-state index is 0.0503. The summed E-state index contributed by atoms with van der Waals surface area (Å²) >= 11 is 0. The van der Waals surface area contributed by atoms with Gasteiger partial charge in [-0.3, -0.25) is 9.48 Å². The molecule has 0 radical (unpaired) electrons. The van der Waals surface area contributed by atoms with Crippen molar-refractivity contribution in [3.63, 3.8) is 0 Å². The van der Waals surface area contributed by atoms with Crippen molar-refractivity contribution < 1.29 is 4.79 Å². The van der Waals surface area contributed by atoms with E-state index in [-0.39, 0.29) is 5.91 Å². The Bertz CT molecular complexity index is 703. The largest absolute Gasteiger partial charge is 0.355 e. The predicted molar refractivity (Wildman–Crippen MR) is 95.0 cm³/mol. The first-order valence-corrected chi connectivity index (χ1v) is 8.71. The van der Waals surface area contributed by atoms with Crippen LogP contribution < -0.4 is 10.6 Å². The number of amides is 1. The zero-order chi connectivity index (χ0) is 17.1. The molecule has 3 rings (SSSR count). The Hall–Kier alpha value is -2.14. The molecule has 0 spiro atoms. The standard InChI is InChI=1S/C19H26N4O/c1-13(2)23-12-16-5-4-6-17(18(16)22-23)21-11-14-7-9-15(10-8-14)19(24)20-3/h7-10,12-13,17,21H,4-6,11H2,1-3H3,(H,20,24)/t17-/m0/s1. The van der Waals surface area contributed by atoms with Gasteiger partial charge in [-0.05, 0) is 56.4 Å². The van der Waals surface area contributed by atoms with Crippen molar-refractivity contribution in [1.82, 2.24) is 20.4 Å². The molecule has 2 N–H and O–H groups in total. The fourth-order valence-electron chi connectivity index (χ4n) is 3.19. The number of hydrogen-bond acceptors (Lipinski definition) is 3. The molecule has 0 saturated carbocycles. The van der Waals surface area contributed by atoms with Crippen LogP contribution >= 0.6 is 0 Å². The molecule has 0 aliphatic heterocycles. The highest BCUT2D eigenvalue weighted by Gasteiger charge is 2.24. The number of aryl methyl sites for hydroxylation is 1. The molecule has 0 saturated heterocycles. The zero-order valence-electron chi connectivity index (χ0n) is 14.7. The minimum Gasteiger partial charge on any atom is -0.355 e. The van der Waals surface area contributed by atoms with Gasteiger partial charge in [0.15, 0.2) is 0 Å². The quantitative estimate of drug-likeness (QED) is 0.888. The third-order valence-corrected chi connectivity index (χ3v) is 4.63. The highest BCUT2D eigenvalue weighted by molar-refractivity contribution is 5.93. The highest BCUT2D eigenvalue weighted by Crippen LogP contribution is 2.29. The predicted octanol–water partition coefficient (Wildman–Crippen LogP) is 2.99. The maximum Gasteiger partial charge on any atom is 0.251 e. The Balaban J connectivity index is 1.66. The minimum atomic E-state index is -0.0503. The molecule has 5 nitrogen and oxygen atoms in total. The van der Waals surface area contributed by atoms with Crippen molar-refractivity contribution in [2.45, 2.75) is 51.7 Å². The molecule has 1 aromatic carbocycles. The Labute approximate surface area is 143 Å². The van der Waals surface area contributed by atoms with E-state index in [1.54, 1.807) is 7.05 Å². The van der Waals surface area contributed by atoms with Crippen LogP contribution in [0.5, 0.6) is 0 Å². The maximum absolute atomic E-state index is 11.6. The number of carbonyl (C=O) groups excluding carboxylic acids is 1. The lowest BCUT2D eigenvalue weighted by atomic mass is 9.93. The molecule has 128 valence electrons. The van der Waals surface area contributed by atoms with Gasteiger partial charge in [0.25, 0.3) is 5.91 Å². The van der Waals surface area contributed by atoms with E-state index in [9.17, 15) is 4.79 Å². The third kappa shape index (κ3) is 3.51. The summed E-state index contributed by atoms with van der Waals surface area (Å²) in [5.41, 5.74) is 4.45. The second-order valence-corrected chi connectivity index (χ2v) is 6.72. The lowest BCUT2D eigenvalue weighted by Gasteiger charge is -2.22. The maximum atomic E-state index is 11.6. The smallest absolute Gasteiger partial charge is 0.251 e. The second kappa shape index (κ2) is 7.18. The van der Waals surface area contributed by atoms with Crippen LogP contribution in [0.25, 0.3) is 0 Å². The van der Waals surface area contributed by atoms with Gasteiger partial charge < -0.3 is 10.6 Å². The summed E-state index contributed by atoms with van der Waals surface area (Å²) in [7, 11) is 1.65. The van der Waals surface area contributed by atoms with Gasteiger partial charge in [0.1, 0.15) is 0 Å². The summed E-state index contributed by atoms with van der Waals surface area (Å²) in [6.45, 7) is 5.11. The van der Waals surface area contributed by atoms with Gasteiger partial charge in [0, 0.05) is 31.4 Å². The van der Waals surface area contributed by atoms with Crippen molar-refractivity contribution >= 4 is 5.91 Å². The Kier molecular flexibility index (Phi) is 5.00. The van der Waals surface area contributed by atoms with Gasteiger partial charge in [0.05, 0.1) is 11.7 Å². The van der Waals surface area contributed by atoms with Gasteiger partial charge in [-0.1, -0.05) is 12.1 Å². The Morgan fingerprint density at radius 2 is 2.08 bits per heavy atom. The molecule has 24 heavy (non-hydrogen) atoms.